The second-order valence-corrected chi connectivity index (χ2v) is 5.76. The topological polar surface area (TPSA) is 78.7 Å². The van der Waals surface area contributed by atoms with Crippen LogP contribution in [0.1, 0.15) is 22.6 Å². The molecule has 0 atom stereocenters. The zero-order chi connectivity index (χ0) is 16.1. The lowest BCUT2D eigenvalue weighted by atomic mass is 10.2. The largest absolute Gasteiger partial charge is 0.325 e. The van der Waals surface area contributed by atoms with E-state index >= 15 is 0 Å². The first-order valence-corrected chi connectivity index (χ1v) is 7.73. The molecule has 0 fully saturated rings. The Morgan fingerprint density at radius 3 is 2.68 bits per heavy atom. The van der Waals surface area contributed by atoms with Crippen LogP contribution in [0.25, 0.3) is 0 Å². The third-order valence-electron chi connectivity index (χ3n) is 3.04. The average molecular weight is 312 g/mol. The maximum Gasteiger partial charge on any atom is 0.234 e. The van der Waals surface area contributed by atoms with Gasteiger partial charge in [0.25, 0.3) is 0 Å². The maximum absolute atomic E-state index is 12.0. The Kier molecular flexibility index (Phi) is 5.12. The first kappa shape index (κ1) is 16.0. The van der Waals surface area contributed by atoms with Gasteiger partial charge in [0, 0.05) is 5.69 Å². The lowest BCUT2D eigenvalue weighted by molar-refractivity contribution is -0.113. The molecule has 0 radical (unpaired) electrons. The van der Waals surface area contributed by atoms with Crippen LogP contribution in [-0.2, 0) is 4.79 Å². The molecule has 0 bridgehead atoms. The predicted molar refractivity (Wildman–Crippen MR) is 86.8 cm³/mol. The van der Waals surface area contributed by atoms with Gasteiger partial charge in [0.2, 0.25) is 5.91 Å². The third-order valence-corrected chi connectivity index (χ3v) is 4.01. The van der Waals surface area contributed by atoms with Gasteiger partial charge in [-0.15, -0.1) is 0 Å². The van der Waals surface area contributed by atoms with Gasteiger partial charge in [0.15, 0.2) is 0 Å². The number of nitrogens with one attached hydrogen (secondary N) is 1. The highest BCUT2D eigenvalue weighted by Gasteiger charge is 2.13. The van der Waals surface area contributed by atoms with Gasteiger partial charge in [0.1, 0.15) is 22.5 Å². The van der Waals surface area contributed by atoms with Gasteiger partial charge >= 0.3 is 0 Å². The van der Waals surface area contributed by atoms with Crippen LogP contribution in [0.5, 0.6) is 0 Å². The molecule has 2 aromatic rings. The number of benzene rings is 1. The molecule has 1 N–H and O–H groups in total. The van der Waals surface area contributed by atoms with E-state index in [9.17, 15) is 10.1 Å². The van der Waals surface area contributed by atoms with Gasteiger partial charge in [0.05, 0.1) is 11.4 Å². The molecule has 1 amide bonds. The van der Waals surface area contributed by atoms with Crippen molar-refractivity contribution >= 4 is 23.4 Å². The highest BCUT2D eigenvalue weighted by atomic mass is 32.2. The predicted octanol–water partition coefficient (Wildman–Crippen LogP) is 3.00. The van der Waals surface area contributed by atoms with E-state index in [1.54, 1.807) is 13.8 Å². The van der Waals surface area contributed by atoms with Gasteiger partial charge < -0.3 is 5.32 Å². The van der Waals surface area contributed by atoms with Crippen molar-refractivity contribution in [3.63, 3.8) is 0 Å². The fourth-order valence-corrected chi connectivity index (χ4v) is 2.82. The summed E-state index contributed by atoms with van der Waals surface area (Å²) in [6, 6.07) is 9.69. The van der Waals surface area contributed by atoms with Crippen molar-refractivity contribution in [3.8, 4) is 6.07 Å². The van der Waals surface area contributed by atoms with Crippen LogP contribution in [0.2, 0.25) is 0 Å². The molecule has 112 valence electrons. The molecule has 1 aromatic heterocycles. The minimum atomic E-state index is -0.128. The van der Waals surface area contributed by atoms with Crippen molar-refractivity contribution in [3.05, 3.63) is 46.9 Å². The van der Waals surface area contributed by atoms with E-state index in [2.05, 4.69) is 21.4 Å². The van der Waals surface area contributed by atoms with Crippen molar-refractivity contribution < 1.29 is 4.79 Å². The lowest BCUT2D eigenvalue weighted by Crippen LogP contribution is -2.15. The molecule has 0 aliphatic carbocycles. The number of nitriles is 1. The molecule has 0 aliphatic rings. The molecule has 22 heavy (non-hydrogen) atoms. The Labute approximate surface area is 133 Å². The zero-order valence-corrected chi connectivity index (χ0v) is 13.5. The first-order chi connectivity index (χ1) is 10.5. The Bertz CT molecular complexity index is 752. The normalized spacial score (nSPS) is 10.1. The van der Waals surface area contributed by atoms with Crippen molar-refractivity contribution in [1.29, 1.82) is 5.26 Å². The van der Waals surface area contributed by atoms with Crippen LogP contribution in [0.4, 0.5) is 5.69 Å². The molecule has 1 heterocycles. The summed E-state index contributed by atoms with van der Waals surface area (Å²) in [5, 5.41) is 12.6. The molecule has 0 saturated carbocycles. The summed E-state index contributed by atoms with van der Waals surface area (Å²) >= 11 is 1.25. The summed E-state index contributed by atoms with van der Waals surface area (Å²) < 4.78 is 0. The number of carbonyl (C=O) groups is 1. The number of para-hydroxylation sites is 1. The summed E-state index contributed by atoms with van der Waals surface area (Å²) in [6.45, 7) is 5.48. The number of nitrogens with zero attached hydrogens (tertiary/aromatic N) is 3. The number of anilines is 1. The Morgan fingerprint density at radius 1 is 1.27 bits per heavy atom. The second-order valence-electron chi connectivity index (χ2n) is 4.80. The van der Waals surface area contributed by atoms with Crippen molar-refractivity contribution in [2.24, 2.45) is 0 Å². The quantitative estimate of drug-likeness (QED) is 0.693. The fraction of sp³-hybridized carbons (Fsp3) is 0.250. The van der Waals surface area contributed by atoms with E-state index in [4.69, 9.17) is 0 Å². The van der Waals surface area contributed by atoms with E-state index < -0.39 is 0 Å². The average Bonchev–Trinajstić information content (AvgIpc) is 2.47. The first-order valence-electron chi connectivity index (χ1n) is 6.75. The summed E-state index contributed by atoms with van der Waals surface area (Å²) in [6.07, 6.45) is 0. The van der Waals surface area contributed by atoms with Gasteiger partial charge in [-0.05, 0) is 32.4 Å². The molecule has 2 rings (SSSR count). The SMILES string of the molecule is Cc1nc(C)c(C#N)c(SCC(=O)Nc2ccccc2C)n1. The number of thioether (sulfide) groups is 1. The van der Waals surface area contributed by atoms with Crippen LogP contribution < -0.4 is 5.32 Å². The molecule has 5 nitrogen and oxygen atoms in total. The van der Waals surface area contributed by atoms with Crippen LogP contribution in [0.3, 0.4) is 0 Å². The number of carbonyl (C=O) groups excluding carboxylic acids is 1. The monoisotopic (exact) mass is 312 g/mol. The number of rotatable bonds is 4. The molecular formula is C16H16N4OS. The Morgan fingerprint density at radius 2 is 2.00 bits per heavy atom. The van der Waals surface area contributed by atoms with Crippen molar-refractivity contribution in [1.82, 2.24) is 9.97 Å². The van der Waals surface area contributed by atoms with Crippen molar-refractivity contribution in [2.75, 3.05) is 11.1 Å². The van der Waals surface area contributed by atoms with E-state index in [0.29, 0.717) is 22.1 Å². The molecule has 0 aliphatic heterocycles. The molecular weight excluding hydrogens is 296 g/mol. The van der Waals surface area contributed by atoms with Crippen LogP contribution in [-0.4, -0.2) is 21.6 Å². The molecule has 0 unspecified atom stereocenters. The van der Waals surface area contributed by atoms with Crippen LogP contribution in [0, 0.1) is 32.1 Å². The van der Waals surface area contributed by atoms with Gasteiger partial charge in [-0.2, -0.15) is 5.26 Å². The van der Waals surface area contributed by atoms with E-state index in [1.807, 2.05) is 31.2 Å². The second kappa shape index (κ2) is 7.05. The number of hydrogen-bond acceptors (Lipinski definition) is 5. The van der Waals surface area contributed by atoms with Gasteiger partial charge in [-0.3, -0.25) is 4.79 Å². The third kappa shape index (κ3) is 3.83. The number of aromatic nitrogens is 2. The van der Waals surface area contributed by atoms with E-state index in [0.717, 1.165) is 11.3 Å². The maximum atomic E-state index is 12.0. The Hall–Kier alpha value is -2.39. The highest BCUT2D eigenvalue weighted by Crippen LogP contribution is 2.22. The molecule has 0 spiro atoms. The number of aryl methyl sites for hydroxylation is 3. The number of amides is 1. The summed E-state index contributed by atoms with van der Waals surface area (Å²) in [4.78, 5) is 20.5. The highest BCUT2D eigenvalue weighted by molar-refractivity contribution is 8.00. The molecule has 0 saturated heterocycles. The summed E-state index contributed by atoms with van der Waals surface area (Å²) in [5.41, 5.74) is 2.87. The van der Waals surface area contributed by atoms with Crippen LogP contribution >= 0.6 is 11.8 Å². The standard InChI is InChI=1S/C16H16N4OS/c1-10-6-4-5-7-14(10)20-15(21)9-22-16-13(8-17)11(2)18-12(3)19-16/h4-7H,9H2,1-3H3,(H,20,21). The minimum absolute atomic E-state index is 0.128. The van der Waals surface area contributed by atoms with E-state index in [-0.39, 0.29) is 11.7 Å². The minimum Gasteiger partial charge on any atom is -0.325 e. The van der Waals surface area contributed by atoms with Crippen molar-refractivity contribution in [2.45, 2.75) is 25.8 Å². The molecule has 1 aromatic carbocycles. The van der Waals surface area contributed by atoms with Gasteiger partial charge in [-0.25, -0.2) is 9.97 Å². The molecule has 6 heteroatoms. The fourth-order valence-electron chi connectivity index (χ4n) is 1.95. The van der Waals surface area contributed by atoms with Gasteiger partial charge in [-0.1, -0.05) is 30.0 Å². The summed E-state index contributed by atoms with van der Waals surface area (Å²) in [7, 11) is 0. The van der Waals surface area contributed by atoms with E-state index in [1.165, 1.54) is 11.8 Å². The lowest BCUT2D eigenvalue weighted by Gasteiger charge is -2.09. The summed E-state index contributed by atoms with van der Waals surface area (Å²) in [5.74, 6) is 0.661. The van der Waals surface area contributed by atoms with Crippen LogP contribution in [0.15, 0.2) is 29.3 Å². The number of hydrogen-bond donors (Lipinski definition) is 1. The Balaban J connectivity index is 2.06. The smallest absolute Gasteiger partial charge is 0.234 e. The zero-order valence-electron chi connectivity index (χ0n) is 12.7.